The Labute approximate surface area is 135 Å². The quantitative estimate of drug-likeness (QED) is 0.783. The zero-order valence-electron chi connectivity index (χ0n) is 14.0. The van der Waals surface area contributed by atoms with Crippen LogP contribution in [-0.2, 0) is 9.53 Å². The zero-order valence-corrected chi connectivity index (χ0v) is 14.0. The van der Waals surface area contributed by atoms with Gasteiger partial charge in [-0.15, -0.1) is 0 Å². The van der Waals surface area contributed by atoms with Gasteiger partial charge in [-0.25, -0.2) is 4.79 Å². The molecule has 0 bridgehead atoms. The van der Waals surface area contributed by atoms with Gasteiger partial charge in [0, 0.05) is 31.2 Å². The Bertz CT molecular complexity index is 668. The average Bonchev–Trinajstić information content (AvgIpc) is 2.90. The van der Waals surface area contributed by atoms with Gasteiger partial charge >= 0.3 is 5.97 Å². The van der Waals surface area contributed by atoms with E-state index in [0.717, 1.165) is 24.0 Å². The third-order valence-corrected chi connectivity index (χ3v) is 4.97. The number of hydrogen-bond acceptors (Lipinski definition) is 5. The molecule has 0 spiro atoms. The summed E-state index contributed by atoms with van der Waals surface area (Å²) >= 11 is 0. The van der Waals surface area contributed by atoms with Crippen LogP contribution in [0.4, 0.5) is 0 Å². The maximum atomic E-state index is 11.9. The molecular weight excluding hydrogens is 296 g/mol. The van der Waals surface area contributed by atoms with Crippen LogP contribution in [0.1, 0.15) is 54.1 Å². The summed E-state index contributed by atoms with van der Waals surface area (Å²) in [6, 6.07) is 1.78. The first-order valence-electron chi connectivity index (χ1n) is 7.98. The van der Waals surface area contributed by atoms with E-state index in [9.17, 15) is 9.59 Å². The number of carbonyl (C=O) groups excluding carboxylic acids is 2. The monoisotopic (exact) mass is 318 g/mol. The maximum absolute atomic E-state index is 11.9. The second-order valence-corrected chi connectivity index (χ2v) is 6.55. The molecule has 5 heteroatoms. The molecule has 1 saturated carbocycles. The first kappa shape index (κ1) is 15.8. The second-order valence-electron chi connectivity index (χ2n) is 6.55. The Morgan fingerprint density at radius 1 is 1.22 bits per heavy atom. The van der Waals surface area contributed by atoms with Gasteiger partial charge in [-0.1, -0.05) is 0 Å². The third kappa shape index (κ3) is 2.58. The van der Waals surface area contributed by atoms with Gasteiger partial charge in [-0.3, -0.25) is 4.79 Å². The van der Waals surface area contributed by atoms with Crippen LogP contribution in [0, 0.1) is 19.8 Å². The highest BCUT2D eigenvalue weighted by Gasteiger charge is 2.47. The SMILES string of the molecule is COC(=O)c1cc(C)c2c(c1C)OC(C)(C1CCC(=O)CC1)O2. The molecule has 1 fully saturated rings. The molecule has 1 aromatic rings. The first-order valence-corrected chi connectivity index (χ1v) is 7.98. The molecule has 1 atom stereocenters. The van der Waals surface area contributed by atoms with Gasteiger partial charge < -0.3 is 14.2 Å². The van der Waals surface area contributed by atoms with E-state index in [1.807, 2.05) is 20.8 Å². The average molecular weight is 318 g/mol. The van der Waals surface area contributed by atoms with E-state index in [-0.39, 0.29) is 11.9 Å². The van der Waals surface area contributed by atoms with Crippen molar-refractivity contribution < 1.29 is 23.8 Å². The third-order valence-electron chi connectivity index (χ3n) is 4.97. The minimum atomic E-state index is -0.784. The minimum Gasteiger partial charge on any atom is -0.465 e. The lowest BCUT2D eigenvalue weighted by Crippen LogP contribution is -2.44. The molecule has 2 aliphatic rings. The highest BCUT2D eigenvalue weighted by Crippen LogP contribution is 2.49. The Balaban J connectivity index is 1.94. The summed E-state index contributed by atoms with van der Waals surface area (Å²) < 4.78 is 17.2. The van der Waals surface area contributed by atoms with E-state index < -0.39 is 5.79 Å². The number of benzene rings is 1. The number of Topliss-reactive ketones (excluding diaryl/α,β-unsaturated/α-hetero) is 1. The Kier molecular flexibility index (Phi) is 3.82. The topological polar surface area (TPSA) is 61.8 Å². The molecule has 23 heavy (non-hydrogen) atoms. The normalized spacial score (nSPS) is 23.9. The van der Waals surface area contributed by atoms with Crippen LogP contribution in [0.5, 0.6) is 11.5 Å². The van der Waals surface area contributed by atoms with E-state index in [4.69, 9.17) is 14.2 Å². The van der Waals surface area contributed by atoms with Crippen molar-refractivity contribution in [1.82, 2.24) is 0 Å². The molecule has 0 N–H and O–H groups in total. The molecule has 1 heterocycles. The number of ketones is 1. The molecule has 5 nitrogen and oxygen atoms in total. The smallest absolute Gasteiger partial charge is 0.338 e. The van der Waals surface area contributed by atoms with Crippen molar-refractivity contribution in [1.29, 1.82) is 0 Å². The van der Waals surface area contributed by atoms with Crippen molar-refractivity contribution in [3.63, 3.8) is 0 Å². The Hall–Kier alpha value is -2.04. The number of rotatable bonds is 2. The van der Waals surface area contributed by atoms with Gasteiger partial charge in [-0.2, -0.15) is 0 Å². The number of methoxy groups -OCH3 is 1. The van der Waals surface area contributed by atoms with Crippen molar-refractivity contribution in [2.24, 2.45) is 5.92 Å². The van der Waals surface area contributed by atoms with Gasteiger partial charge in [0.1, 0.15) is 5.78 Å². The van der Waals surface area contributed by atoms with E-state index in [2.05, 4.69) is 0 Å². The fourth-order valence-corrected chi connectivity index (χ4v) is 3.49. The lowest BCUT2D eigenvalue weighted by Gasteiger charge is -2.34. The number of hydrogen-bond donors (Lipinski definition) is 0. The molecule has 0 radical (unpaired) electrons. The molecule has 3 rings (SSSR count). The number of carbonyl (C=O) groups is 2. The maximum Gasteiger partial charge on any atom is 0.338 e. The highest BCUT2D eigenvalue weighted by atomic mass is 16.7. The van der Waals surface area contributed by atoms with E-state index in [0.29, 0.717) is 35.7 Å². The zero-order chi connectivity index (χ0) is 16.8. The first-order chi connectivity index (χ1) is 10.9. The molecule has 0 amide bonds. The lowest BCUT2D eigenvalue weighted by molar-refractivity contribution is -0.135. The van der Waals surface area contributed by atoms with Crippen LogP contribution in [0.25, 0.3) is 0 Å². The molecule has 0 aromatic heterocycles. The van der Waals surface area contributed by atoms with E-state index >= 15 is 0 Å². The number of aryl methyl sites for hydroxylation is 1. The van der Waals surface area contributed by atoms with Gasteiger partial charge in [0.2, 0.25) is 0 Å². The standard InChI is InChI=1S/C18H22O5/c1-10-9-14(17(20)21-4)11(2)16-15(10)22-18(3,23-16)12-5-7-13(19)8-6-12/h9,12H,5-8H2,1-4H3. The summed E-state index contributed by atoms with van der Waals surface area (Å²) in [5.74, 6) is 0.606. The Morgan fingerprint density at radius 2 is 1.83 bits per heavy atom. The summed E-state index contributed by atoms with van der Waals surface area (Å²) in [6.07, 6.45) is 2.69. The van der Waals surface area contributed by atoms with Crippen LogP contribution in [0.3, 0.4) is 0 Å². The summed E-state index contributed by atoms with van der Waals surface area (Å²) in [6.45, 7) is 5.65. The molecule has 1 aliphatic carbocycles. The fraction of sp³-hybridized carbons (Fsp3) is 0.556. The molecule has 124 valence electrons. The molecule has 1 unspecified atom stereocenters. The van der Waals surface area contributed by atoms with Crippen LogP contribution in [-0.4, -0.2) is 24.6 Å². The largest absolute Gasteiger partial charge is 0.465 e. The summed E-state index contributed by atoms with van der Waals surface area (Å²) in [5, 5.41) is 0. The van der Waals surface area contributed by atoms with Crippen LogP contribution < -0.4 is 9.47 Å². The molecule has 1 aromatic carbocycles. The molecule has 1 aliphatic heterocycles. The summed E-state index contributed by atoms with van der Waals surface area (Å²) in [5.41, 5.74) is 2.07. The van der Waals surface area contributed by atoms with Gasteiger partial charge in [0.05, 0.1) is 12.7 Å². The second kappa shape index (κ2) is 5.55. The fourth-order valence-electron chi connectivity index (χ4n) is 3.49. The Morgan fingerprint density at radius 3 is 2.43 bits per heavy atom. The van der Waals surface area contributed by atoms with Crippen molar-refractivity contribution in [3.8, 4) is 11.5 Å². The predicted molar refractivity (Wildman–Crippen MR) is 83.9 cm³/mol. The molecule has 0 saturated heterocycles. The van der Waals surface area contributed by atoms with Crippen molar-refractivity contribution in [2.75, 3.05) is 7.11 Å². The van der Waals surface area contributed by atoms with Crippen LogP contribution in [0.2, 0.25) is 0 Å². The van der Waals surface area contributed by atoms with Crippen molar-refractivity contribution in [3.05, 3.63) is 22.8 Å². The minimum absolute atomic E-state index is 0.160. The van der Waals surface area contributed by atoms with Gasteiger partial charge in [0.15, 0.2) is 11.5 Å². The predicted octanol–water partition coefficient (Wildman–Crippen LogP) is 3.34. The lowest BCUT2D eigenvalue weighted by atomic mass is 9.83. The highest BCUT2D eigenvalue weighted by molar-refractivity contribution is 5.92. The van der Waals surface area contributed by atoms with Crippen molar-refractivity contribution in [2.45, 2.75) is 52.2 Å². The van der Waals surface area contributed by atoms with Crippen LogP contribution >= 0.6 is 0 Å². The number of ether oxygens (including phenoxy) is 3. The number of fused-ring (bicyclic) bond motifs is 1. The summed E-state index contributed by atoms with van der Waals surface area (Å²) in [7, 11) is 1.37. The van der Waals surface area contributed by atoms with Crippen LogP contribution in [0.15, 0.2) is 6.07 Å². The number of esters is 1. The summed E-state index contributed by atoms with van der Waals surface area (Å²) in [4.78, 5) is 23.4. The van der Waals surface area contributed by atoms with Crippen molar-refractivity contribution >= 4 is 11.8 Å². The van der Waals surface area contributed by atoms with E-state index in [1.54, 1.807) is 6.07 Å². The molecular formula is C18H22O5. The van der Waals surface area contributed by atoms with E-state index in [1.165, 1.54) is 7.11 Å². The van der Waals surface area contributed by atoms with Gasteiger partial charge in [0.25, 0.3) is 5.79 Å². The van der Waals surface area contributed by atoms with Gasteiger partial charge in [-0.05, 0) is 38.3 Å².